The minimum absolute atomic E-state index is 0.0394. The van der Waals surface area contributed by atoms with E-state index < -0.39 is 0 Å². The number of rotatable bonds is 6. The van der Waals surface area contributed by atoms with E-state index in [1.165, 1.54) is 0 Å². The number of aromatic nitrogens is 2. The van der Waals surface area contributed by atoms with Gasteiger partial charge in [0.2, 0.25) is 0 Å². The van der Waals surface area contributed by atoms with Crippen LogP contribution in [0.4, 0.5) is 0 Å². The van der Waals surface area contributed by atoms with Gasteiger partial charge in [-0.2, -0.15) is 5.10 Å². The summed E-state index contributed by atoms with van der Waals surface area (Å²) in [5.74, 6) is 1.64. The Hall–Kier alpha value is -1.75. The number of methoxy groups -OCH3 is 1. The van der Waals surface area contributed by atoms with E-state index in [-0.39, 0.29) is 6.04 Å². The molecule has 0 aliphatic rings. The Morgan fingerprint density at radius 2 is 2.33 bits per heavy atom. The van der Waals surface area contributed by atoms with Gasteiger partial charge in [0.05, 0.1) is 19.6 Å². The zero-order chi connectivity index (χ0) is 13.0. The van der Waals surface area contributed by atoms with E-state index in [4.69, 9.17) is 9.15 Å². The second-order valence-corrected chi connectivity index (χ2v) is 3.92. The van der Waals surface area contributed by atoms with Crippen molar-refractivity contribution in [3.8, 4) is 5.75 Å². The molecule has 98 valence electrons. The van der Waals surface area contributed by atoms with E-state index in [0.29, 0.717) is 0 Å². The van der Waals surface area contributed by atoms with Crippen molar-refractivity contribution in [2.24, 2.45) is 0 Å². The molecule has 2 rings (SSSR count). The second-order valence-electron chi connectivity index (χ2n) is 3.92. The van der Waals surface area contributed by atoms with Gasteiger partial charge in [-0.15, -0.1) is 0 Å². The number of nitrogens with one attached hydrogen (secondary N) is 1. The molecule has 0 aliphatic heterocycles. The van der Waals surface area contributed by atoms with Gasteiger partial charge in [0.1, 0.15) is 17.5 Å². The first-order chi connectivity index (χ1) is 8.81. The van der Waals surface area contributed by atoms with E-state index in [1.54, 1.807) is 19.6 Å². The molecule has 2 aromatic heterocycles. The maximum Gasteiger partial charge on any atom is 0.162 e. The molecule has 0 saturated heterocycles. The smallest absolute Gasteiger partial charge is 0.162 e. The molecule has 0 bridgehead atoms. The number of hydrogen-bond donors (Lipinski definition) is 1. The van der Waals surface area contributed by atoms with Crippen molar-refractivity contribution in [2.45, 2.75) is 26.4 Å². The summed E-state index contributed by atoms with van der Waals surface area (Å²) in [6.45, 7) is 5.75. The molecule has 0 amide bonds. The lowest BCUT2D eigenvalue weighted by atomic mass is 10.1. The fourth-order valence-electron chi connectivity index (χ4n) is 2.07. The highest BCUT2D eigenvalue weighted by molar-refractivity contribution is 5.33. The van der Waals surface area contributed by atoms with Crippen LogP contribution in [0.5, 0.6) is 5.75 Å². The molecule has 1 atom stereocenters. The number of ether oxygens (including phenoxy) is 1. The maximum atomic E-state index is 5.51. The van der Waals surface area contributed by atoms with Gasteiger partial charge in [-0.05, 0) is 25.6 Å². The van der Waals surface area contributed by atoms with Gasteiger partial charge in [0, 0.05) is 6.54 Å². The van der Waals surface area contributed by atoms with E-state index in [2.05, 4.69) is 24.3 Å². The third-order valence-corrected chi connectivity index (χ3v) is 2.87. The van der Waals surface area contributed by atoms with Crippen LogP contribution in [0.3, 0.4) is 0 Å². The number of nitrogens with zero attached hydrogens (tertiary/aromatic N) is 2. The van der Waals surface area contributed by atoms with Gasteiger partial charge in [0.15, 0.2) is 5.75 Å². The Labute approximate surface area is 107 Å². The molecule has 5 nitrogen and oxygen atoms in total. The summed E-state index contributed by atoms with van der Waals surface area (Å²) in [5.41, 5.74) is 0.997. The molecule has 0 aliphatic carbocycles. The van der Waals surface area contributed by atoms with Crippen LogP contribution >= 0.6 is 0 Å². The lowest BCUT2D eigenvalue weighted by Gasteiger charge is -2.18. The largest absolute Gasteiger partial charge is 0.493 e. The van der Waals surface area contributed by atoms with Crippen LogP contribution in [0, 0.1) is 0 Å². The number of furan rings is 1. The summed E-state index contributed by atoms with van der Waals surface area (Å²) in [7, 11) is 1.66. The monoisotopic (exact) mass is 249 g/mol. The van der Waals surface area contributed by atoms with Crippen molar-refractivity contribution < 1.29 is 9.15 Å². The van der Waals surface area contributed by atoms with Gasteiger partial charge in [0.25, 0.3) is 0 Å². The van der Waals surface area contributed by atoms with E-state index in [1.807, 2.05) is 16.8 Å². The van der Waals surface area contributed by atoms with Crippen LogP contribution in [0.1, 0.15) is 31.3 Å². The predicted molar refractivity (Wildman–Crippen MR) is 68.7 cm³/mol. The number of aryl methyl sites for hydroxylation is 1. The molecule has 2 aromatic rings. The molecule has 0 fully saturated rings. The van der Waals surface area contributed by atoms with Gasteiger partial charge >= 0.3 is 0 Å². The van der Waals surface area contributed by atoms with Crippen molar-refractivity contribution in [3.05, 3.63) is 36.0 Å². The van der Waals surface area contributed by atoms with Crippen molar-refractivity contribution >= 4 is 0 Å². The van der Waals surface area contributed by atoms with Crippen molar-refractivity contribution in [1.29, 1.82) is 0 Å². The standard InChI is InChI=1S/C13H19N3O2/c1-4-14-12(10-7-6-8-18-10)13-11(17-3)9-15-16(13)5-2/h6-9,12,14H,4-5H2,1-3H3. The molecule has 18 heavy (non-hydrogen) atoms. The van der Waals surface area contributed by atoms with Crippen LogP contribution < -0.4 is 10.1 Å². The second kappa shape index (κ2) is 5.73. The van der Waals surface area contributed by atoms with Gasteiger partial charge < -0.3 is 14.5 Å². The molecular weight excluding hydrogens is 230 g/mol. The van der Waals surface area contributed by atoms with Gasteiger partial charge in [-0.3, -0.25) is 4.68 Å². The summed E-state index contributed by atoms with van der Waals surface area (Å²) in [4.78, 5) is 0. The quantitative estimate of drug-likeness (QED) is 0.852. The molecule has 0 saturated carbocycles. The Balaban J connectivity index is 2.44. The fraction of sp³-hybridized carbons (Fsp3) is 0.462. The SMILES string of the molecule is CCNC(c1ccco1)c1c(OC)cnn1CC. The van der Waals surface area contributed by atoms with Crippen LogP contribution in [0.2, 0.25) is 0 Å². The van der Waals surface area contributed by atoms with E-state index in [9.17, 15) is 0 Å². The molecule has 5 heteroatoms. The lowest BCUT2D eigenvalue weighted by Crippen LogP contribution is -2.25. The first-order valence-electron chi connectivity index (χ1n) is 6.18. The van der Waals surface area contributed by atoms with Crippen molar-refractivity contribution in [3.63, 3.8) is 0 Å². The average molecular weight is 249 g/mol. The Morgan fingerprint density at radius 1 is 1.50 bits per heavy atom. The molecule has 0 spiro atoms. The summed E-state index contributed by atoms with van der Waals surface area (Å²) in [6, 6.07) is 3.81. The normalized spacial score (nSPS) is 12.6. The highest BCUT2D eigenvalue weighted by Crippen LogP contribution is 2.30. The maximum absolute atomic E-state index is 5.51. The third-order valence-electron chi connectivity index (χ3n) is 2.87. The van der Waals surface area contributed by atoms with E-state index in [0.717, 1.165) is 30.3 Å². The van der Waals surface area contributed by atoms with Gasteiger partial charge in [-0.1, -0.05) is 6.92 Å². The van der Waals surface area contributed by atoms with Crippen LogP contribution in [0.15, 0.2) is 29.0 Å². The third kappa shape index (κ3) is 2.26. The Bertz CT molecular complexity index is 455. The van der Waals surface area contributed by atoms with Crippen LogP contribution in [0.25, 0.3) is 0 Å². The minimum Gasteiger partial charge on any atom is -0.493 e. The van der Waals surface area contributed by atoms with E-state index >= 15 is 0 Å². The summed E-state index contributed by atoms with van der Waals surface area (Å²) in [5, 5.41) is 7.73. The first-order valence-corrected chi connectivity index (χ1v) is 6.18. The van der Waals surface area contributed by atoms with Crippen molar-refractivity contribution in [2.75, 3.05) is 13.7 Å². The first kappa shape index (κ1) is 12.7. The topological polar surface area (TPSA) is 52.2 Å². The summed E-state index contributed by atoms with van der Waals surface area (Å²) in [6.07, 6.45) is 3.42. The number of hydrogen-bond acceptors (Lipinski definition) is 4. The lowest BCUT2D eigenvalue weighted by molar-refractivity contribution is 0.384. The molecular formula is C13H19N3O2. The fourth-order valence-corrected chi connectivity index (χ4v) is 2.07. The Morgan fingerprint density at radius 3 is 2.89 bits per heavy atom. The highest BCUT2D eigenvalue weighted by atomic mass is 16.5. The predicted octanol–water partition coefficient (Wildman–Crippen LogP) is 2.20. The van der Waals surface area contributed by atoms with Crippen LogP contribution in [-0.4, -0.2) is 23.4 Å². The van der Waals surface area contributed by atoms with Crippen molar-refractivity contribution in [1.82, 2.24) is 15.1 Å². The molecule has 2 heterocycles. The van der Waals surface area contributed by atoms with Gasteiger partial charge in [-0.25, -0.2) is 0 Å². The zero-order valence-electron chi connectivity index (χ0n) is 11.0. The zero-order valence-corrected chi connectivity index (χ0v) is 11.0. The summed E-state index contributed by atoms with van der Waals surface area (Å²) >= 11 is 0. The molecule has 0 aromatic carbocycles. The highest BCUT2D eigenvalue weighted by Gasteiger charge is 2.24. The minimum atomic E-state index is -0.0394. The molecule has 1 N–H and O–H groups in total. The Kier molecular flexibility index (Phi) is 4.04. The molecule has 0 radical (unpaired) electrons. The molecule has 1 unspecified atom stereocenters. The van der Waals surface area contributed by atoms with Crippen LogP contribution in [-0.2, 0) is 6.54 Å². The summed E-state index contributed by atoms with van der Waals surface area (Å²) < 4.78 is 12.8. The average Bonchev–Trinajstić information content (AvgIpc) is 3.04.